The molecule has 0 atom stereocenters. The summed E-state index contributed by atoms with van der Waals surface area (Å²) in [7, 11) is 1.68. The van der Waals surface area contributed by atoms with Crippen molar-refractivity contribution in [1.82, 2.24) is 4.57 Å². The van der Waals surface area contributed by atoms with Gasteiger partial charge in [-0.05, 0) is 42.8 Å². The highest BCUT2D eigenvalue weighted by Crippen LogP contribution is 2.15. The Labute approximate surface area is 83.8 Å². The Balaban J connectivity index is 2.33. The predicted molar refractivity (Wildman–Crippen MR) is 57.1 cm³/mol. The summed E-state index contributed by atoms with van der Waals surface area (Å²) in [6.45, 7) is 2.08. The Morgan fingerprint density at radius 2 is 1.79 bits per heavy atom. The van der Waals surface area contributed by atoms with Gasteiger partial charge in [0.1, 0.15) is 5.75 Å². The van der Waals surface area contributed by atoms with Crippen LogP contribution < -0.4 is 4.74 Å². The van der Waals surface area contributed by atoms with Crippen LogP contribution in [0.4, 0.5) is 0 Å². The number of nitrogens with zero attached hydrogens (tertiary/aromatic N) is 1. The van der Waals surface area contributed by atoms with Crippen molar-refractivity contribution in [2.45, 2.75) is 6.92 Å². The summed E-state index contributed by atoms with van der Waals surface area (Å²) >= 11 is 0. The molecule has 0 saturated carbocycles. The van der Waals surface area contributed by atoms with Crippen LogP contribution in [-0.4, -0.2) is 11.7 Å². The molecule has 14 heavy (non-hydrogen) atoms. The lowest BCUT2D eigenvalue weighted by Gasteiger charge is -2.04. The standard InChI is InChI=1S/C12H13NO/c1-10-7-8-13(9-10)11-3-5-12(14-2)6-4-11/h3-9H,1-2H3. The van der Waals surface area contributed by atoms with Crippen LogP contribution in [0.1, 0.15) is 5.56 Å². The molecule has 0 unspecified atom stereocenters. The summed E-state index contributed by atoms with van der Waals surface area (Å²) < 4.78 is 7.19. The van der Waals surface area contributed by atoms with Gasteiger partial charge in [0.05, 0.1) is 7.11 Å². The van der Waals surface area contributed by atoms with Gasteiger partial charge < -0.3 is 9.30 Å². The molecule has 1 aromatic carbocycles. The summed E-state index contributed by atoms with van der Waals surface area (Å²) in [5.41, 5.74) is 2.42. The predicted octanol–water partition coefficient (Wildman–Crippen LogP) is 2.79. The van der Waals surface area contributed by atoms with Crippen LogP contribution >= 0.6 is 0 Å². The molecule has 0 saturated heterocycles. The van der Waals surface area contributed by atoms with Crippen LogP contribution in [0, 0.1) is 6.92 Å². The topological polar surface area (TPSA) is 14.2 Å². The average molecular weight is 187 g/mol. The third-order valence-electron chi connectivity index (χ3n) is 2.21. The fourth-order valence-corrected chi connectivity index (χ4v) is 1.42. The largest absolute Gasteiger partial charge is 0.497 e. The summed E-state index contributed by atoms with van der Waals surface area (Å²) in [6.07, 6.45) is 4.15. The molecular formula is C12H13NO. The van der Waals surface area contributed by atoms with Gasteiger partial charge in [0.2, 0.25) is 0 Å². The smallest absolute Gasteiger partial charge is 0.119 e. The Hall–Kier alpha value is -1.70. The van der Waals surface area contributed by atoms with E-state index in [4.69, 9.17) is 4.74 Å². The molecule has 0 aliphatic rings. The van der Waals surface area contributed by atoms with Gasteiger partial charge >= 0.3 is 0 Å². The van der Waals surface area contributed by atoms with Crippen molar-refractivity contribution < 1.29 is 4.74 Å². The Morgan fingerprint density at radius 3 is 2.29 bits per heavy atom. The van der Waals surface area contributed by atoms with Crippen molar-refractivity contribution >= 4 is 0 Å². The van der Waals surface area contributed by atoms with E-state index in [2.05, 4.69) is 30.0 Å². The lowest BCUT2D eigenvalue weighted by Crippen LogP contribution is -1.89. The van der Waals surface area contributed by atoms with Crippen LogP contribution in [0.5, 0.6) is 5.75 Å². The van der Waals surface area contributed by atoms with Crippen LogP contribution in [0.25, 0.3) is 5.69 Å². The van der Waals surface area contributed by atoms with Crippen LogP contribution in [0.3, 0.4) is 0 Å². The number of aromatic nitrogens is 1. The number of benzene rings is 1. The minimum atomic E-state index is 0.887. The van der Waals surface area contributed by atoms with E-state index in [1.54, 1.807) is 7.11 Å². The van der Waals surface area contributed by atoms with Crippen LogP contribution in [0.2, 0.25) is 0 Å². The maximum atomic E-state index is 5.10. The van der Waals surface area contributed by atoms with Crippen molar-refractivity contribution in [3.05, 3.63) is 48.3 Å². The highest BCUT2D eigenvalue weighted by molar-refractivity contribution is 5.38. The Morgan fingerprint density at radius 1 is 1.07 bits per heavy atom. The second kappa shape index (κ2) is 3.58. The lowest BCUT2D eigenvalue weighted by atomic mass is 10.3. The van der Waals surface area contributed by atoms with E-state index in [-0.39, 0.29) is 0 Å². The van der Waals surface area contributed by atoms with Crippen molar-refractivity contribution in [2.75, 3.05) is 7.11 Å². The Kier molecular flexibility index (Phi) is 2.27. The number of hydrogen-bond acceptors (Lipinski definition) is 1. The van der Waals surface area contributed by atoms with Gasteiger partial charge in [-0.2, -0.15) is 0 Å². The molecule has 0 amide bonds. The minimum absolute atomic E-state index is 0.887. The molecular weight excluding hydrogens is 174 g/mol. The molecule has 0 bridgehead atoms. The van der Waals surface area contributed by atoms with Gasteiger partial charge in [-0.3, -0.25) is 0 Å². The molecule has 2 aromatic rings. The third-order valence-corrected chi connectivity index (χ3v) is 2.21. The third kappa shape index (κ3) is 1.64. The average Bonchev–Trinajstić information content (AvgIpc) is 2.65. The molecule has 0 fully saturated rings. The summed E-state index contributed by atoms with van der Waals surface area (Å²) in [4.78, 5) is 0. The van der Waals surface area contributed by atoms with Gasteiger partial charge in [-0.25, -0.2) is 0 Å². The quantitative estimate of drug-likeness (QED) is 0.705. The maximum Gasteiger partial charge on any atom is 0.119 e. The van der Waals surface area contributed by atoms with Crippen molar-refractivity contribution in [1.29, 1.82) is 0 Å². The summed E-state index contributed by atoms with van der Waals surface area (Å²) in [6, 6.07) is 10.1. The molecule has 2 rings (SSSR count). The molecule has 0 spiro atoms. The number of rotatable bonds is 2. The second-order valence-corrected chi connectivity index (χ2v) is 3.29. The number of ether oxygens (including phenoxy) is 1. The molecule has 0 N–H and O–H groups in total. The molecule has 1 heterocycles. The minimum Gasteiger partial charge on any atom is -0.497 e. The first kappa shape index (κ1) is 8.88. The summed E-state index contributed by atoms with van der Waals surface area (Å²) in [5.74, 6) is 0.887. The number of methoxy groups -OCH3 is 1. The normalized spacial score (nSPS) is 10.1. The van der Waals surface area contributed by atoms with E-state index in [1.165, 1.54) is 5.56 Å². The number of aryl methyl sites for hydroxylation is 1. The molecule has 2 nitrogen and oxygen atoms in total. The molecule has 0 radical (unpaired) electrons. The van der Waals surface area contributed by atoms with Crippen LogP contribution in [0.15, 0.2) is 42.7 Å². The van der Waals surface area contributed by atoms with Crippen molar-refractivity contribution in [3.8, 4) is 11.4 Å². The highest BCUT2D eigenvalue weighted by atomic mass is 16.5. The van der Waals surface area contributed by atoms with E-state index >= 15 is 0 Å². The van der Waals surface area contributed by atoms with Crippen molar-refractivity contribution in [2.24, 2.45) is 0 Å². The van der Waals surface area contributed by atoms with E-state index in [1.807, 2.05) is 24.3 Å². The van der Waals surface area contributed by atoms with Gasteiger partial charge in [-0.1, -0.05) is 0 Å². The molecule has 2 heteroatoms. The summed E-state index contributed by atoms with van der Waals surface area (Å²) in [5, 5.41) is 0. The monoisotopic (exact) mass is 187 g/mol. The molecule has 1 aromatic heterocycles. The van der Waals surface area contributed by atoms with E-state index in [9.17, 15) is 0 Å². The zero-order valence-corrected chi connectivity index (χ0v) is 8.40. The fourth-order valence-electron chi connectivity index (χ4n) is 1.42. The van der Waals surface area contributed by atoms with Gasteiger partial charge in [0, 0.05) is 18.1 Å². The first-order chi connectivity index (χ1) is 6.79. The highest BCUT2D eigenvalue weighted by Gasteiger charge is 1.96. The maximum absolute atomic E-state index is 5.10. The van der Waals surface area contributed by atoms with E-state index in [0.29, 0.717) is 0 Å². The van der Waals surface area contributed by atoms with Crippen LogP contribution in [-0.2, 0) is 0 Å². The van der Waals surface area contributed by atoms with Gasteiger partial charge in [0.25, 0.3) is 0 Å². The zero-order chi connectivity index (χ0) is 9.97. The number of hydrogen-bond donors (Lipinski definition) is 0. The zero-order valence-electron chi connectivity index (χ0n) is 8.40. The molecule has 0 aliphatic heterocycles. The lowest BCUT2D eigenvalue weighted by molar-refractivity contribution is 0.415. The van der Waals surface area contributed by atoms with Gasteiger partial charge in [0.15, 0.2) is 0 Å². The van der Waals surface area contributed by atoms with Gasteiger partial charge in [-0.15, -0.1) is 0 Å². The van der Waals surface area contributed by atoms with E-state index in [0.717, 1.165) is 11.4 Å². The molecule has 72 valence electrons. The van der Waals surface area contributed by atoms with E-state index < -0.39 is 0 Å². The first-order valence-electron chi connectivity index (χ1n) is 4.58. The van der Waals surface area contributed by atoms with Crippen molar-refractivity contribution in [3.63, 3.8) is 0 Å². The second-order valence-electron chi connectivity index (χ2n) is 3.29. The fraction of sp³-hybridized carbons (Fsp3) is 0.167. The first-order valence-corrected chi connectivity index (χ1v) is 4.58. The Bertz CT molecular complexity index is 414. The SMILES string of the molecule is COc1ccc(-n2ccc(C)c2)cc1. The molecule has 0 aliphatic carbocycles.